The molecule has 20 heavy (non-hydrogen) atoms. The maximum absolute atomic E-state index is 11.9. The number of nitrogens with zero attached hydrogens (tertiary/aromatic N) is 2. The topological polar surface area (TPSA) is 71.2 Å². The first kappa shape index (κ1) is 21.9. The summed E-state index contributed by atoms with van der Waals surface area (Å²) in [6.45, 7) is 5.30. The average Bonchev–Trinajstić information content (AvgIpc) is 2.75. The van der Waals surface area contributed by atoms with E-state index in [0.29, 0.717) is 18.8 Å². The van der Waals surface area contributed by atoms with Crippen LogP contribution < -0.4 is 11.1 Å². The van der Waals surface area contributed by atoms with Crippen LogP contribution in [0.5, 0.6) is 0 Å². The summed E-state index contributed by atoms with van der Waals surface area (Å²) in [4.78, 5) is 18.3. The summed E-state index contributed by atoms with van der Waals surface area (Å²) in [6, 6.07) is 0. The van der Waals surface area contributed by atoms with E-state index in [1.165, 1.54) is 11.3 Å². The van der Waals surface area contributed by atoms with Gasteiger partial charge in [-0.2, -0.15) is 0 Å². The lowest BCUT2D eigenvalue weighted by Crippen LogP contribution is -2.48. The highest BCUT2D eigenvalue weighted by Crippen LogP contribution is 2.11. The van der Waals surface area contributed by atoms with Crippen LogP contribution in [0.4, 0.5) is 0 Å². The van der Waals surface area contributed by atoms with Gasteiger partial charge in [0, 0.05) is 23.9 Å². The van der Waals surface area contributed by atoms with Crippen LogP contribution >= 0.6 is 36.2 Å². The van der Waals surface area contributed by atoms with E-state index in [9.17, 15) is 4.79 Å². The Morgan fingerprint density at radius 3 is 2.55 bits per heavy atom. The summed E-state index contributed by atoms with van der Waals surface area (Å²) < 4.78 is 0. The first-order chi connectivity index (χ1) is 8.36. The molecule has 0 spiro atoms. The molecule has 0 saturated carbocycles. The average molecular weight is 343 g/mol. The summed E-state index contributed by atoms with van der Waals surface area (Å²) in [5.41, 5.74) is 5.86. The number of nitrogens with one attached hydrogen (secondary N) is 1. The minimum atomic E-state index is -0.121. The van der Waals surface area contributed by atoms with Crippen molar-refractivity contribution in [2.24, 2.45) is 5.73 Å². The van der Waals surface area contributed by atoms with Gasteiger partial charge in [-0.1, -0.05) is 0 Å². The number of thiazole rings is 1. The van der Waals surface area contributed by atoms with E-state index in [1.807, 2.05) is 14.1 Å². The SMILES string of the molecule is CN(C)C(C)(C)CNC(=O)c1csc(CCN)n1.Cl.Cl. The molecule has 8 heteroatoms. The first-order valence-electron chi connectivity index (χ1n) is 5.97. The van der Waals surface area contributed by atoms with Crippen molar-refractivity contribution in [3.05, 3.63) is 16.1 Å². The molecule has 0 bridgehead atoms. The summed E-state index contributed by atoms with van der Waals surface area (Å²) >= 11 is 1.48. The number of carbonyl (C=O) groups is 1. The third kappa shape index (κ3) is 6.37. The molecule has 118 valence electrons. The van der Waals surface area contributed by atoms with Crippen LogP contribution in [0.25, 0.3) is 0 Å². The van der Waals surface area contributed by atoms with Gasteiger partial charge in [-0.25, -0.2) is 4.98 Å². The van der Waals surface area contributed by atoms with Crippen molar-refractivity contribution in [1.82, 2.24) is 15.2 Å². The molecule has 5 nitrogen and oxygen atoms in total. The van der Waals surface area contributed by atoms with E-state index in [-0.39, 0.29) is 36.3 Å². The lowest BCUT2D eigenvalue weighted by atomic mass is 10.0. The fourth-order valence-electron chi connectivity index (χ4n) is 1.20. The van der Waals surface area contributed by atoms with Gasteiger partial charge in [0.05, 0.1) is 5.01 Å². The third-order valence-corrected chi connectivity index (χ3v) is 3.94. The zero-order valence-electron chi connectivity index (χ0n) is 12.3. The number of hydrogen-bond donors (Lipinski definition) is 2. The molecule has 1 aromatic heterocycles. The fourth-order valence-corrected chi connectivity index (χ4v) is 1.99. The monoisotopic (exact) mass is 342 g/mol. The van der Waals surface area contributed by atoms with Crippen LogP contribution in [0.1, 0.15) is 29.3 Å². The Kier molecular flexibility index (Phi) is 10.4. The largest absolute Gasteiger partial charge is 0.349 e. The quantitative estimate of drug-likeness (QED) is 0.822. The normalized spacial score (nSPS) is 10.7. The maximum Gasteiger partial charge on any atom is 0.270 e. The van der Waals surface area contributed by atoms with Gasteiger partial charge in [-0.05, 0) is 34.5 Å². The Morgan fingerprint density at radius 1 is 1.45 bits per heavy atom. The molecule has 0 aromatic carbocycles. The molecule has 1 aromatic rings. The summed E-state index contributed by atoms with van der Waals surface area (Å²) in [5.74, 6) is -0.121. The molecular formula is C12H24Cl2N4OS. The Balaban J connectivity index is 0. The second-order valence-corrected chi connectivity index (χ2v) is 6.00. The molecule has 0 saturated heterocycles. The van der Waals surface area contributed by atoms with E-state index >= 15 is 0 Å². The molecule has 1 rings (SSSR count). The molecule has 1 amide bonds. The molecule has 0 atom stereocenters. The number of halogens is 2. The van der Waals surface area contributed by atoms with Gasteiger partial charge < -0.3 is 16.0 Å². The highest BCUT2D eigenvalue weighted by atomic mass is 35.5. The molecule has 0 aliphatic heterocycles. The van der Waals surface area contributed by atoms with Crippen molar-refractivity contribution in [2.75, 3.05) is 27.2 Å². The van der Waals surface area contributed by atoms with Crippen molar-refractivity contribution in [3.63, 3.8) is 0 Å². The third-order valence-electron chi connectivity index (χ3n) is 3.03. The van der Waals surface area contributed by atoms with Gasteiger partial charge in [-0.3, -0.25) is 4.79 Å². The second-order valence-electron chi connectivity index (χ2n) is 5.05. The Hall–Kier alpha value is -0.400. The lowest BCUT2D eigenvalue weighted by Gasteiger charge is -2.32. The van der Waals surface area contributed by atoms with Crippen molar-refractivity contribution in [1.29, 1.82) is 0 Å². The predicted molar refractivity (Wildman–Crippen MR) is 89.5 cm³/mol. The van der Waals surface area contributed by atoms with Crippen molar-refractivity contribution < 1.29 is 4.79 Å². The van der Waals surface area contributed by atoms with Crippen LogP contribution in [-0.2, 0) is 6.42 Å². The number of carbonyl (C=O) groups excluding carboxylic acids is 1. The number of amides is 1. The molecule has 0 radical (unpaired) electrons. The maximum atomic E-state index is 11.9. The molecule has 1 heterocycles. The first-order valence-corrected chi connectivity index (χ1v) is 6.85. The zero-order valence-corrected chi connectivity index (χ0v) is 14.8. The van der Waals surface area contributed by atoms with E-state index in [0.717, 1.165) is 11.4 Å². The van der Waals surface area contributed by atoms with Gasteiger partial charge in [0.15, 0.2) is 0 Å². The summed E-state index contributed by atoms with van der Waals surface area (Å²) in [7, 11) is 3.99. The fraction of sp³-hybridized carbons (Fsp3) is 0.667. The van der Waals surface area contributed by atoms with Crippen molar-refractivity contribution in [2.45, 2.75) is 25.8 Å². The summed E-state index contributed by atoms with van der Waals surface area (Å²) in [5, 5.41) is 5.60. The number of likely N-dealkylation sites (N-methyl/N-ethyl adjacent to an activating group) is 1. The number of aromatic nitrogens is 1. The smallest absolute Gasteiger partial charge is 0.270 e. The lowest BCUT2D eigenvalue weighted by molar-refractivity contribution is 0.0915. The van der Waals surface area contributed by atoms with Crippen molar-refractivity contribution in [3.8, 4) is 0 Å². The predicted octanol–water partition coefficient (Wildman–Crippen LogP) is 1.56. The number of nitrogens with two attached hydrogens (primary N) is 1. The Morgan fingerprint density at radius 2 is 2.05 bits per heavy atom. The zero-order chi connectivity index (χ0) is 13.8. The molecule has 3 N–H and O–H groups in total. The van der Waals surface area contributed by atoms with Gasteiger partial charge in [0.25, 0.3) is 5.91 Å². The van der Waals surface area contributed by atoms with Gasteiger partial charge >= 0.3 is 0 Å². The van der Waals surface area contributed by atoms with Crippen LogP contribution in [0.2, 0.25) is 0 Å². The van der Waals surface area contributed by atoms with E-state index in [4.69, 9.17) is 5.73 Å². The Bertz CT molecular complexity index is 410. The standard InChI is InChI=1S/C12H22N4OS.2ClH/c1-12(2,16(3)4)8-14-11(17)9-7-18-10(15-9)5-6-13;;/h7H,5-6,8,13H2,1-4H3,(H,14,17);2*1H. The number of hydrogen-bond acceptors (Lipinski definition) is 5. The second kappa shape index (κ2) is 9.52. The number of rotatable bonds is 6. The molecule has 0 unspecified atom stereocenters. The molecule has 0 fully saturated rings. The van der Waals surface area contributed by atoms with Gasteiger partial charge in [0.2, 0.25) is 0 Å². The summed E-state index contributed by atoms with van der Waals surface area (Å²) in [6.07, 6.45) is 0.723. The molecule has 0 aliphatic rings. The molecular weight excluding hydrogens is 319 g/mol. The minimum Gasteiger partial charge on any atom is -0.349 e. The Labute approximate surface area is 137 Å². The minimum absolute atomic E-state index is 0. The van der Waals surface area contributed by atoms with Crippen LogP contribution in [0.3, 0.4) is 0 Å². The van der Waals surface area contributed by atoms with Crippen molar-refractivity contribution >= 4 is 42.1 Å². The van der Waals surface area contributed by atoms with E-state index in [2.05, 4.69) is 29.0 Å². The van der Waals surface area contributed by atoms with Crippen LogP contribution in [0, 0.1) is 0 Å². The highest BCUT2D eigenvalue weighted by Gasteiger charge is 2.22. The van der Waals surface area contributed by atoms with Gasteiger partial charge in [-0.15, -0.1) is 36.2 Å². The van der Waals surface area contributed by atoms with E-state index in [1.54, 1.807) is 5.38 Å². The highest BCUT2D eigenvalue weighted by molar-refractivity contribution is 7.09. The van der Waals surface area contributed by atoms with Crippen LogP contribution in [0.15, 0.2) is 5.38 Å². The van der Waals surface area contributed by atoms with Crippen LogP contribution in [-0.4, -0.2) is 48.5 Å². The van der Waals surface area contributed by atoms with Gasteiger partial charge in [0.1, 0.15) is 5.69 Å². The molecule has 0 aliphatic carbocycles. The van der Waals surface area contributed by atoms with E-state index < -0.39 is 0 Å².